The number of benzene rings is 2. The Hall–Kier alpha value is -2.17. The number of carbonyl (C=O) groups is 1. The highest BCUT2D eigenvalue weighted by atomic mass is 16.5. The molecule has 0 bridgehead atoms. The van der Waals surface area contributed by atoms with Crippen molar-refractivity contribution in [2.45, 2.75) is 0 Å². The molecule has 0 saturated heterocycles. The van der Waals surface area contributed by atoms with Gasteiger partial charge in [0, 0.05) is 18.4 Å². The number of ether oxygens (including phenoxy) is 1. The maximum atomic E-state index is 12.0. The zero-order chi connectivity index (χ0) is 14.9. The van der Waals surface area contributed by atoms with Crippen molar-refractivity contribution in [1.82, 2.24) is 0 Å². The van der Waals surface area contributed by atoms with Crippen molar-refractivity contribution in [3.63, 3.8) is 0 Å². The van der Waals surface area contributed by atoms with Gasteiger partial charge in [0.2, 0.25) is 0 Å². The number of anilines is 1. The SMILES string of the molecule is COCC[NH2+]CC(=O)Nc1ccccc1-c1ccccc1. The van der Waals surface area contributed by atoms with Crippen LogP contribution in [0, 0.1) is 0 Å². The largest absolute Gasteiger partial charge is 0.379 e. The van der Waals surface area contributed by atoms with Crippen LogP contribution in [0.3, 0.4) is 0 Å². The van der Waals surface area contributed by atoms with E-state index in [2.05, 4.69) is 5.32 Å². The molecule has 110 valence electrons. The number of hydrogen-bond donors (Lipinski definition) is 2. The van der Waals surface area contributed by atoms with Crippen molar-refractivity contribution < 1.29 is 14.8 Å². The Morgan fingerprint density at radius 2 is 1.81 bits per heavy atom. The lowest BCUT2D eigenvalue weighted by atomic mass is 10.0. The van der Waals surface area contributed by atoms with Crippen LogP contribution in [0.15, 0.2) is 54.6 Å². The molecule has 0 unspecified atom stereocenters. The summed E-state index contributed by atoms with van der Waals surface area (Å²) in [4.78, 5) is 12.0. The van der Waals surface area contributed by atoms with Crippen molar-refractivity contribution in [3.05, 3.63) is 54.6 Å². The molecule has 0 aliphatic carbocycles. The van der Waals surface area contributed by atoms with E-state index in [1.165, 1.54) is 0 Å². The molecule has 0 spiro atoms. The predicted molar refractivity (Wildman–Crippen MR) is 84.0 cm³/mol. The van der Waals surface area contributed by atoms with Crippen LogP contribution in [0.5, 0.6) is 0 Å². The van der Waals surface area contributed by atoms with Crippen LogP contribution in [-0.2, 0) is 9.53 Å². The highest BCUT2D eigenvalue weighted by Crippen LogP contribution is 2.27. The molecule has 3 N–H and O–H groups in total. The number of quaternary nitrogens is 1. The molecule has 21 heavy (non-hydrogen) atoms. The zero-order valence-electron chi connectivity index (χ0n) is 12.2. The van der Waals surface area contributed by atoms with Gasteiger partial charge in [-0.2, -0.15) is 0 Å². The second kappa shape index (κ2) is 8.19. The maximum absolute atomic E-state index is 12.0. The van der Waals surface area contributed by atoms with E-state index in [0.29, 0.717) is 13.2 Å². The molecule has 2 rings (SSSR count). The minimum absolute atomic E-state index is 0.00511. The summed E-state index contributed by atoms with van der Waals surface area (Å²) in [6, 6.07) is 17.9. The molecule has 0 saturated carbocycles. The van der Waals surface area contributed by atoms with Gasteiger partial charge < -0.3 is 15.4 Å². The van der Waals surface area contributed by atoms with E-state index in [1.807, 2.05) is 59.9 Å². The lowest BCUT2D eigenvalue weighted by Gasteiger charge is -2.10. The number of nitrogens with two attached hydrogens (primary N) is 1. The zero-order valence-corrected chi connectivity index (χ0v) is 12.2. The monoisotopic (exact) mass is 285 g/mol. The van der Waals surface area contributed by atoms with E-state index >= 15 is 0 Å². The van der Waals surface area contributed by atoms with E-state index in [0.717, 1.165) is 23.4 Å². The number of amides is 1. The average molecular weight is 285 g/mol. The first-order valence-electron chi connectivity index (χ1n) is 7.06. The Labute approximate surface area is 125 Å². The van der Waals surface area contributed by atoms with Gasteiger partial charge in [-0.15, -0.1) is 0 Å². The Bertz CT molecular complexity index is 570. The number of nitrogens with one attached hydrogen (secondary N) is 1. The normalized spacial score (nSPS) is 10.3. The molecule has 1 amide bonds. The van der Waals surface area contributed by atoms with Crippen molar-refractivity contribution in [3.8, 4) is 11.1 Å². The van der Waals surface area contributed by atoms with Crippen molar-refractivity contribution in [2.24, 2.45) is 0 Å². The van der Waals surface area contributed by atoms with Gasteiger partial charge in [0.1, 0.15) is 0 Å². The molecule has 0 aliphatic rings. The van der Waals surface area contributed by atoms with Crippen molar-refractivity contribution in [1.29, 1.82) is 0 Å². The summed E-state index contributed by atoms with van der Waals surface area (Å²) in [5, 5.41) is 4.91. The smallest absolute Gasteiger partial charge is 0.279 e. The Balaban J connectivity index is 2.02. The third kappa shape index (κ3) is 4.70. The Morgan fingerprint density at radius 3 is 2.57 bits per heavy atom. The van der Waals surface area contributed by atoms with Crippen LogP contribution in [0.2, 0.25) is 0 Å². The molecular weight excluding hydrogens is 264 g/mol. The van der Waals surface area contributed by atoms with Crippen LogP contribution in [0.4, 0.5) is 5.69 Å². The number of carbonyl (C=O) groups excluding carboxylic acids is 1. The molecule has 0 aromatic heterocycles. The van der Waals surface area contributed by atoms with Gasteiger partial charge in [0.05, 0.1) is 13.2 Å². The summed E-state index contributed by atoms with van der Waals surface area (Å²) in [5.74, 6) is -0.00511. The first kappa shape index (κ1) is 15.2. The summed E-state index contributed by atoms with van der Waals surface area (Å²) in [6.07, 6.45) is 0. The van der Waals surface area contributed by atoms with E-state index in [-0.39, 0.29) is 5.91 Å². The maximum Gasteiger partial charge on any atom is 0.279 e. The predicted octanol–water partition coefficient (Wildman–Crippen LogP) is 1.50. The van der Waals surface area contributed by atoms with Gasteiger partial charge in [-0.1, -0.05) is 48.5 Å². The third-order valence-corrected chi connectivity index (χ3v) is 3.14. The molecule has 0 aliphatic heterocycles. The minimum Gasteiger partial charge on any atom is -0.379 e. The molecule has 2 aromatic rings. The van der Waals surface area contributed by atoms with Crippen LogP contribution in [0.25, 0.3) is 11.1 Å². The standard InChI is InChI=1S/C17H20N2O2/c1-21-12-11-18-13-17(20)19-16-10-6-5-9-15(16)14-7-3-2-4-8-14/h2-10,18H,11-13H2,1H3,(H,19,20)/p+1. The van der Waals surface area contributed by atoms with Crippen LogP contribution >= 0.6 is 0 Å². The summed E-state index contributed by atoms with van der Waals surface area (Å²) < 4.78 is 4.96. The molecule has 0 heterocycles. The van der Waals surface area contributed by atoms with Gasteiger partial charge in [-0.3, -0.25) is 4.79 Å². The molecule has 4 heteroatoms. The second-order valence-electron chi connectivity index (χ2n) is 4.73. The fourth-order valence-corrected chi connectivity index (χ4v) is 2.10. The molecule has 0 atom stereocenters. The summed E-state index contributed by atoms with van der Waals surface area (Å²) in [5.41, 5.74) is 2.97. The number of methoxy groups -OCH3 is 1. The molecule has 0 radical (unpaired) electrons. The molecule has 2 aromatic carbocycles. The summed E-state index contributed by atoms with van der Waals surface area (Å²) in [7, 11) is 1.66. The molecular formula is C17H21N2O2+. The van der Waals surface area contributed by atoms with Crippen LogP contribution < -0.4 is 10.6 Å². The quantitative estimate of drug-likeness (QED) is 0.758. The van der Waals surface area contributed by atoms with Crippen molar-refractivity contribution >= 4 is 11.6 Å². The van der Waals surface area contributed by atoms with Crippen molar-refractivity contribution in [2.75, 3.05) is 32.1 Å². The lowest BCUT2D eigenvalue weighted by Crippen LogP contribution is -2.87. The average Bonchev–Trinajstić information content (AvgIpc) is 2.53. The van der Waals surface area contributed by atoms with Gasteiger partial charge in [0.25, 0.3) is 5.91 Å². The van der Waals surface area contributed by atoms with Gasteiger partial charge in [0.15, 0.2) is 6.54 Å². The summed E-state index contributed by atoms with van der Waals surface area (Å²) in [6.45, 7) is 1.82. The van der Waals surface area contributed by atoms with E-state index in [4.69, 9.17) is 4.74 Å². The topological polar surface area (TPSA) is 54.9 Å². The van der Waals surface area contributed by atoms with Crippen LogP contribution in [-0.4, -0.2) is 32.7 Å². The lowest BCUT2D eigenvalue weighted by molar-refractivity contribution is -0.645. The minimum atomic E-state index is -0.00511. The first-order chi connectivity index (χ1) is 10.3. The Morgan fingerprint density at radius 1 is 1.10 bits per heavy atom. The number of hydrogen-bond acceptors (Lipinski definition) is 2. The van der Waals surface area contributed by atoms with E-state index in [9.17, 15) is 4.79 Å². The first-order valence-corrected chi connectivity index (χ1v) is 7.06. The molecule has 4 nitrogen and oxygen atoms in total. The van der Waals surface area contributed by atoms with E-state index in [1.54, 1.807) is 7.11 Å². The fraction of sp³-hybridized carbons (Fsp3) is 0.235. The third-order valence-electron chi connectivity index (χ3n) is 3.14. The van der Waals surface area contributed by atoms with Gasteiger partial charge in [-0.05, 0) is 11.6 Å². The van der Waals surface area contributed by atoms with Gasteiger partial charge in [-0.25, -0.2) is 0 Å². The molecule has 0 fully saturated rings. The fourth-order valence-electron chi connectivity index (χ4n) is 2.10. The van der Waals surface area contributed by atoms with E-state index < -0.39 is 0 Å². The second-order valence-corrected chi connectivity index (χ2v) is 4.73. The van der Waals surface area contributed by atoms with Gasteiger partial charge >= 0.3 is 0 Å². The number of para-hydroxylation sites is 1. The van der Waals surface area contributed by atoms with Crippen LogP contribution in [0.1, 0.15) is 0 Å². The Kier molecular flexibility index (Phi) is 5.94. The number of rotatable bonds is 7. The highest BCUT2D eigenvalue weighted by Gasteiger charge is 2.08. The summed E-state index contributed by atoms with van der Waals surface area (Å²) >= 11 is 0. The highest BCUT2D eigenvalue weighted by molar-refractivity contribution is 5.95.